The van der Waals surface area contributed by atoms with Gasteiger partial charge in [-0.05, 0) is 54.8 Å². The largest absolute Gasteiger partial charge is 0.497 e. The summed E-state index contributed by atoms with van der Waals surface area (Å²) in [6.07, 6.45) is 3.58. The smallest absolute Gasteiger partial charge is 0.223 e. The molecule has 2 aromatic carbocycles. The van der Waals surface area contributed by atoms with E-state index in [1.807, 2.05) is 59.2 Å². The molecule has 0 atom stereocenters. The van der Waals surface area contributed by atoms with E-state index in [1.54, 1.807) is 25.6 Å². The molecule has 34 heavy (non-hydrogen) atoms. The zero-order chi connectivity index (χ0) is 23.5. The summed E-state index contributed by atoms with van der Waals surface area (Å²) in [5.41, 5.74) is 2.98. The Balaban J connectivity index is 1.15. The molecule has 1 fully saturated rings. The summed E-state index contributed by atoms with van der Waals surface area (Å²) in [5.74, 6) is 1.78. The molecule has 0 bridgehead atoms. The molecule has 3 heterocycles. The molecule has 0 radical (unpaired) electrons. The van der Waals surface area contributed by atoms with Gasteiger partial charge in [0.2, 0.25) is 16.0 Å². The number of carbonyl (C=O) groups excluding carboxylic acids is 1. The van der Waals surface area contributed by atoms with Crippen LogP contribution in [0.1, 0.15) is 18.4 Å². The first-order chi connectivity index (χ1) is 16.6. The van der Waals surface area contributed by atoms with Crippen LogP contribution < -0.4 is 19.7 Å². The molecule has 176 valence electrons. The van der Waals surface area contributed by atoms with Gasteiger partial charge in [0.15, 0.2) is 0 Å². The van der Waals surface area contributed by atoms with Gasteiger partial charge in [-0.3, -0.25) is 4.79 Å². The summed E-state index contributed by atoms with van der Waals surface area (Å²) in [6, 6.07) is 15.6. The van der Waals surface area contributed by atoms with E-state index in [1.165, 1.54) is 0 Å². The molecule has 0 unspecified atom stereocenters. The quantitative estimate of drug-likeness (QED) is 0.433. The van der Waals surface area contributed by atoms with E-state index in [-0.39, 0.29) is 11.8 Å². The topological polar surface area (TPSA) is 81.0 Å². The molecule has 1 aliphatic rings. The van der Waals surface area contributed by atoms with Crippen molar-refractivity contribution >= 4 is 27.3 Å². The van der Waals surface area contributed by atoms with E-state index >= 15 is 0 Å². The van der Waals surface area contributed by atoms with Crippen molar-refractivity contribution in [3.8, 4) is 22.8 Å². The lowest BCUT2D eigenvalue weighted by Crippen LogP contribution is -2.40. The van der Waals surface area contributed by atoms with Crippen molar-refractivity contribution in [1.29, 1.82) is 0 Å². The average Bonchev–Trinajstić information content (AvgIpc) is 3.47. The average molecular weight is 478 g/mol. The number of methoxy groups -OCH3 is 2. The van der Waals surface area contributed by atoms with Crippen molar-refractivity contribution in [3.63, 3.8) is 0 Å². The molecule has 0 spiro atoms. The highest BCUT2D eigenvalue weighted by molar-refractivity contribution is 7.20. The minimum absolute atomic E-state index is 0.0280. The van der Waals surface area contributed by atoms with Gasteiger partial charge in [0, 0.05) is 31.1 Å². The van der Waals surface area contributed by atoms with E-state index in [4.69, 9.17) is 19.6 Å². The second-order valence-corrected chi connectivity index (χ2v) is 9.23. The first-order valence-corrected chi connectivity index (χ1v) is 12.1. The van der Waals surface area contributed by atoms with Crippen molar-refractivity contribution < 1.29 is 14.3 Å². The van der Waals surface area contributed by atoms with Crippen LogP contribution in [0, 0.1) is 5.92 Å². The first-order valence-electron chi connectivity index (χ1n) is 11.3. The van der Waals surface area contributed by atoms with E-state index in [9.17, 15) is 4.79 Å². The Hall–Kier alpha value is -3.59. The summed E-state index contributed by atoms with van der Waals surface area (Å²) >= 11 is 1.58. The maximum atomic E-state index is 12.7. The van der Waals surface area contributed by atoms with Crippen molar-refractivity contribution in [2.45, 2.75) is 19.4 Å². The SMILES string of the molecule is COc1ccc(CNC(=O)C2CCN(c3nn4cc(-c5ccc(OC)cc5)nc4s3)CC2)cc1. The van der Waals surface area contributed by atoms with Crippen molar-refractivity contribution in [1.82, 2.24) is 19.9 Å². The summed E-state index contributed by atoms with van der Waals surface area (Å²) in [7, 11) is 3.30. The molecule has 5 rings (SSSR count). The number of aromatic nitrogens is 3. The predicted octanol–water partition coefficient (Wildman–Crippen LogP) is 4.01. The molecule has 1 N–H and O–H groups in total. The van der Waals surface area contributed by atoms with Gasteiger partial charge in [-0.15, -0.1) is 5.10 Å². The number of hydrogen-bond acceptors (Lipinski definition) is 7. The van der Waals surface area contributed by atoms with Gasteiger partial charge >= 0.3 is 0 Å². The van der Waals surface area contributed by atoms with Crippen molar-refractivity contribution in [2.75, 3.05) is 32.2 Å². The lowest BCUT2D eigenvalue weighted by molar-refractivity contribution is -0.125. The molecule has 1 amide bonds. The second-order valence-electron chi connectivity index (χ2n) is 8.29. The summed E-state index contributed by atoms with van der Waals surface area (Å²) in [6.45, 7) is 2.15. The highest BCUT2D eigenvalue weighted by Crippen LogP contribution is 2.30. The van der Waals surface area contributed by atoms with Crippen LogP contribution in [-0.2, 0) is 11.3 Å². The zero-order valence-electron chi connectivity index (χ0n) is 19.2. The van der Waals surface area contributed by atoms with E-state index in [0.717, 1.165) is 64.3 Å². The lowest BCUT2D eigenvalue weighted by atomic mass is 9.96. The number of carbonyl (C=O) groups is 1. The third-order valence-corrected chi connectivity index (χ3v) is 7.16. The Kier molecular flexibility index (Phi) is 6.35. The van der Waals surface area contributed by atoms with Gasteiger partial charge in [0.25, 0.3) is 0 Å². The van der Waals surface area contributed by atoms with Crippen LogP contribution in [0.5, 0.6) is 11.5 Å². The summed E-state index contributed by atoms with van der Waals surface area (Å²) in [4.78, 5) is 20.5. The number of benzene rings is 2. The van der Waals surface area contributed by atoms with Crippen LogP contribution in [0.25, 0.3) is 16.2 Å². The third kappa shape index (κ3) is 4.70. The fourth-order valence-electron chi connectivity index (χ4n) is 4.13. The van der Waals surface area contributed by atoms with Crippen molar-refractivity contribution in [2.24, 2.45) is 5.92 Å². The van der Waals surface area contributed by atoms with Gasteiger partial charge in [0.05, 0.1) is 26.1 Å². The number of imidazole rings is 1. The minimum Gasteiger partial charge on any atom is -0.497 e. The maximum Gasteiger partial charge on any atom is 0.223 e. The zero-order valence-corrected chi connectivity index (χ0v) is 20.0. The highest BCUT2D eigenvalue weighted by atomic mass is 32.1. The van der Waals surface area contributed by atoms with Crippen LogP contribution in [0.2, 0.25) is 0 Å². The maximum absolute atomic E-state index is 12.7. The Labute approximate surface area is 202 Å². The van der Waals surface area contributed by atoms with Crippen molar-refractivity contribution in [3.05, 3.63) is 60.3 Å². The molecular formula is C25H27N5O3S. The van der Waals surface area contributed by atoms with E-state index in [2.05, 4.69) is 10.2 Å². The van der Waals surface area contributed by atoms with E-state index in [0.29, 0.717) is 6.54 Å². The number of nitrogens with one attached hydrogen (secondary N) is 1. The number of fused-ring (bicyclic) bond motifs is 1. The van der Waals surface area contributed by atoms with Crippen LogP contribution in [0.3, 0.4) is 0 Å². The number of ether oxygens (including phenoxy) is 2. The van der Waals surface area contributed by atoms with Crippen LogP contribution in [0.15, 0.2) is 54.7 Å². The number of nitrogens with zero attached hydrogens (tertiary/aromatic N) is 4. The number of amides is 1. The number of rotatable bonds is 7. The molecule has 2 aromatic heterocycles. The molecule has 9 heteroatoms. The lowest BCUT2D eigenvalue weighted by Gasteiger charge is -2.30. The Morgan fingerprint density at radius 1 is 1.03 bits per heavy atom. The predicted molar refractivity (Wildman–Crippen MR) is 133 cm³/mol. The van der Waals surface area contributed by atoms with Crippen LogP contribution >= 0.6 is 11.3 Å². The number of anilines is 1. The van der Waals surface area contributed by atoms with Gasteiger partial charge < -0.3 is 19.7 Å². The fourth-order valence-corrected chi connectivity index (χ4v) is 5.06. The second kappa shape index (κ2) is 9.72. The Bertz CT molecular complexity index is 1230. The van der Waals surface area contributed by atoms with Crippen LogP contribution in [-0.4, -0.2) is 47.8 Å². The first kappa shape index (κ1) is 22.2. The van der Waals surface area contributed by atoms with Gasteiger partial charge in [-0.1, -0.05) is 23.5 Å². The molecule has 0 saturated carbocycles. The highest BCUT2D eigenvalue weighted by Gasteiger charge is 2.26. The minimum atomic E-state index is 0.0280. The monoisotopic (exact) mass is 477 g/mol. The normalized spacial score (nSPS) is 14.4. The Morgan fingerprint density at radius 2 is 1.68 bits per heavy atom. The standard InChI is InChI=1S/C25H27N5O3S/c1-32-20-7-3-17(4-8-20)15-26-23(31)19-11-13-29(14-12-19)25-28-30-16-22(27-24(30)34-25)18-5-9-21(33-2)10-6-18/h3-10,16,19H,11-15H2,1-2H3,(H,26,31). The van der Waals surface area contributed by atoms with Gasteiger partial charge in [-0.25, -0.2) is 9.50 Å². The third-order valence-electron chi connectivity index (χ3n) is 6.18. The number of piperidine rings is 1. The van der Waals surface area contributed by atoms with Gasteiger partial charge in [0.1, 0.15) is 11.5 Å². The molecular weight excluding hydrogens is 450 g/mol. The molecule has 0 aliphatic carbocycles. The molecule has 1 saturated heterocycles. The Morgan fingerprint density at radius 3 is 2.29 bits per heavy atom. The molecule has 4 aromatic rings. The number of hydrogen-bond donors (Lipinski definition) is 1. The fraction of sp³-hybridized carbons (Fsp3) is 0.320. The van der Waals surface area contributed by atoms with E-state index < -0.39 is 0 Å². The summed E-state index contributed by atoms with van der Waals surface area (Å²) in [5, 5.41) is 8.76. The molecule has 8 nitrogen and oxygen atoms in total. The molecule has 1 aliphatic heterocycles. The summed E-state index contributed by atoms with van der Waals surface area (Å²) < 4.78 is 12.2. The van der Waals surface area contributed by atoms with Gasteiger partial charge in [-0.2, -0.15) is 0 Å². The van der Waals surface area contributed by atoms with Crippen LogP contribution in [0.4, 0.5) is 5.13 Å².